The zero-order chi connectivity index (χ0) is 18.9. The lowest BCUT2D eigenvalue weighted by molar-refractivity contribution is -0.130. The molecule has 26 heavy (non-hydrogen) atoms. The molecule has 1 N–H and O–H groups in total. The summed E-state index contributed by atoms with van der Waals surface area (Å²) >= 11 is 0. The van der Waals surface area contributed by atoms with Crippen molar-refractivity contribution < 1.29 is 17.9 Å². The minimum atomic E-state index is -3.62. The van der Waals surface area contributed by atoms with Gasteiger partial charge < -0.3 is 10.1 Å². The Morgan fingerprint density at radius 2 is 2.00 bits per heavy atom. The molecule has 2 saturated heterocycles. The topological polar surface area (TPSA) is 75.7 Å². The summed E-state index contributed by atoms with van der Waals surface area (Å²) in [4.78, 5) is 13.1. The molecule has 1 spiro atoms. The number of sulfonamides is 1. The van der Waals surface area contributed by atoms with Crippen LogP contribution in [-0.2, 0) is 19.6 Å². The number of nitrogens with one attached hydrogen (secondary N) is 1. The summed E-state index contributed by atoms with van der Waals surface area (Å²) in [5.74, 6) is -0.391. The molecule has 3 rings (SSSR count). The minimum Gasteiger partial charge on any atom is -0.381 e. The quantitative estimate of drug-likeness (QED) is 0.866. The number of rotatable bonds is 4. The Hall–Kier alpha value is -1.44. The number of ether oxygens (including phenoxy) is 1. The van der Waals surface area contributed by atoms with Crippen molar-refractivity contribution >= 4 is 15.9 Å². The van der Waals surface area contributed by atoms with Crippen LogP contribution in [0.1, 0.15) is 32.3 Å². The highest BCUT2D eigenvalue weighted by molar-refractivity contribution is 7.89. The Balaban J connectivity index is 1.91. The van der Waals surface area contributed by atoms with Gasteiger partial charge in [0.25, 0.3) is 0 Å². The van der Waals surface area contributed by atoms with Crippen LogP contribution in [0.15, 0.2) is 29.2 Å². The molecule has 1 atom stereocenters. The molecule has 0 aromatic heterocycles. The second kappa shape index (κ2) is 7.29. The van der Waals surface area contributed by atoms with Crippen LogP contribution >= 0.6 is 0 Å². The molecular weight excluding hydrogens is 352 g/mol. The molecule has 6 nitrogen and oxygen atoms in total. The predicted molar refractivity (Wildman–Crippen MR) is 99.2 cm³/mol. The summed E-state index contributed by atoms with van der Waals surface area (Å²) in [5.41, 5.74) is 0.564. The van der Waals surface area contributed by atoms with Crippen molar-refractivity contribution in [1.82, 2.24) is 9.62 Å². The number of amides is 1. The van der Waals surface area contributed by atoms with E-state index in [1.54, 1.807) is 18.2 Å². The van der Waals surface area contributed by atoms with Crippen LogP contribution in [0.2, 0.25) is 0 Å². The van der Waals surface area contributed by atoms with Crippen molar-refractivity contribution in [3.63, 3.8) is 0 Å². The molecular formula is C19H28N2O4S. The average Bonchev–Trinajstić information content (AvgIpc) is 2.94. The summed E-state index contributed by atoms with van der Waals surface area (Å²) in [7, 11) is -3.62. The van der Waals surface area contributed by atoms with E-state index in [-0.39, 0.29) is 29.8 Å². The summed E-state index contributed by atoms with van der Waals surface area (Å²) in [6.45, 7) is 7.47. The molecule has 1 aromatic rings. The van der Waals surface area contributed by atoms with Gasteiger partial charge in [0.05, 0.1) is 10.8 Å². The van der Waals surface area contributed by atoms with E-state index in [2.05, 4.69) is 5.32 Å². The number of nitrogens with zero attached hydrogens (tertiary/aromatic N) is 1. The van der Waals surface area contributed by atoms with Crippen LogP contribution in [-0.4, -0.2) is 51.0 Å². The van der Waals surface area contributed by atoms with Gasteiger partial charge in [0, 0.05) is 37.8 Å². The van der Waals surface area contributed by atoms with Gasteiger partial charge in [0.2, 0.25) is 15.9 Å². The maximum Gasteiger partial charge on any atom is 0.243 e. The van der Waals surface area contributed by atoms with Crippen LogP contribution in [0.5, 0.6) is 0 Å². The van der Waals surface area contributed by atoms with Crippen LogP contribution in [0.3, 0.4) is 0 Å². The van der Waals surface area contributed by atoms with Gasteiger partial charge in [-0.05, 0) is 51.3 Å². The fourth-order valence-corrected chi connectivity index (χ4v) is 5.72. The van der Waals surface area contributed by atoms with E-state index in [9.17, 15) is 13.2 Å². The van der Waals surface area contributed by atoms with Crippen molar-refractivity contribution in [2.45, 2.75) is 44.6 Å². The Kier molecular flexibility index (Phi) is 5.42. The maximum atomic E-state index is 13.2. The van der Waals surface area contributed by atoms with E-state index in [1.165, 1.54) is 4.31 Å². The Morgan fingerprint density at radius 3 is 2.62 bits per heavy atom. The largest absolute Gasteiger partial charge is 0.381 e. The number of carbonyl (C=O) groups excluding carboxylic acids is 1. The lowest BCUT2D eigenvalue weighted by Gasteiger charge is -2.37. The molecule has 0 aliphatic carbocycles. The molecule has 7 heteroatoms. The number of hydrogen-bond acceptors (Lipinski definition) is 4. The highest BCUT2D eigenvalue weighted by Crippen LogP contribution is 2.46. The first-order chi connectivity index (χ1) is 12.2. The third-order valence-electron chi connectivity index (χ3n) is 5.48. The van der Waals surface area contributed by atoms with Crippen molar-refractivity contribution in [3.8, 4) is 0 Å². The zero-order valence-corrected chi connectivity index (χ0v) is 16.5. The normalized spacial score (nSPS) is 23.5. The van der Waals surface area contributed by atoms with E-state index in [4.69, 9.17) is 4.74 Å². The standard InChI is InChI=1S/C19H28N2O4S/c1-14(2)20-18(22)17-12-21(13-19(17)7-9-25-10-8-19)26(23,24)16-6-4-5-15(3)11-16/h4-6,11,14,17H,7-10,12-13H2,1-3H3,(H,20,22). The van der Waals surface area contributed by atoms with Crippen molar-refractivity contribution in [2.24, 2.45) is 11.3 Å². The first kappa shape index (κ1) is 19.3. The van der Waals surface area contributed by atoms with Gasteiger partial charge in [-0.3, -0.25) is 4.79 Å². The summed E-state index contributed by atoms with van der Waals surface area (Å²) in [6.07, 6.45) is 1.42. The fourth-order valence-electron chi connectivity index (χ4n) is 4.06. The van der Waals surface area contributed by atoms with Crippen molar-refractivity contribution in [1.29, 1.82) is 0 Å². The Morgan fingerprint density at radius 1 is 1.31 bits per heavy atom. The van der Waals surface area contributed by atoms with Crippen LogP contribution in [0.25, 0.3) is 0 Å². The number of carbonyl (C=O) groups is 1. The molecule has 1 aromatic carbocycles. The Labute approximate surface area is 156 Å². The number of benzene rings is 1. The fraction of sp³-hybridized carbons (Fsp3) is 0.632. The van der Waals surface area contributed by atoms with Crippen LogP contribution in [0, 0.1) is 18.3 Å². The summed E-state index contributed by atoms with van der Waals surface area (Å²) in [5, 5.41) is 2.98. The van der Waals surface area contributed by atoms with E-state index in [0.717, 1.165) is 5.56 Å². The van der Waals surface area contributed by atoms with Crippen molar-refractivity contribution in [2.75, 3.05) is 26.3 Å². The average molecular weight is 381 g/mol. The first-order valence-corrected chi connectivity index (χ1v) is 10.6. The van der Waals surface area contributed by atoms with E-state index >= 15 is 0 Å². The lowest BCUT2D eigenvalue weighted by Crippen LogP contribution is -2.46. The molecule has 0 bridgehead atoms. The van der Waals surface area contributed by atoms with Crippen molar-refractivity contribution in [3.05, 3.63) is 29.8 Å². The lowest BCUT2D eigenvalue weighted by atomic mass is 9.71. The Bertz CT molecular complexity index is 769. The molecule has 2 aliphatic heterocycles. The predicted octanol–water partition coefficient (Wildman–Crippen LogP) is 1.94. The minimum absolute atomic E-state index is 0.0295. The second-order valence-corrected chi connectivity index (χ2v) is 9.74. The van der Waals surface area contributed by atoms with Gasteiger partial charge >= 0.3 is 0 Å². The molecule has 1 unspecified atom stereocenters. The molecule has 2 fully saturated rings. The summed E-state index contributed by atoms with van der Waals surface area (Å²) in [6, 6.07) is 6.98. The molecule has 0 radical (unpaired) electrons. The molecule has 144 valence electrons. The molecule has 1 amide bonds. The third-order valence-corrected chi connectivity index (χ3v) is 7.29. The molecule has 0 saturated carbocycles. The van der Waals surface area contributed by atoms with Gasteiger partial charge in [-0.25, -0.2) is 8.42 Å². The first-order valence-electron chi connectivity index (χ1n) is 9.19. The highest BCUT2D eigenvalue weighted by Gasteiger charge is 2.53. The number of aryl methyl sites for hydroxylation is 1. The van der Waals surface area contributed by atoms with E-state index in [0.29, 0.717) is 37.5 Å². The van der Waals surface area contributed by atoms with Gasteiger partial charge in [0.1, 0.15) is 0 Å². The summed E-state index contributed by atoms with van der Waals surface area (Å²) < 4.78 is 33.3. The monoisotopic (exact) mass is 380 g/mol. The number of hydrogen-bond donors (Lipinski definition) is 1. The maximum absolute atomic E-state index is 13.2. The van der Waals surface area contributed by atoms with Crippen LogP contribution < -0.4 is 5.32 Å². The molecule has 2 aliphatic rings. The zero-order valence-electron chi connectivity index (χ0n) is 15.7. The molecule has 2 heterocycles. The van der Waals surface area contributed by atoms with E-state index < -0.39 is 10.0 Å². The van der Waals surface area contributed by atoms with Gasteiger partial charge in [-0.2, -0.15) is 4.31 Å². The second-order valence-electron chi connectivity index (χ2n) is 7.80. The van der Waals surface area contributed by atoms with Gasteiger partial charge in [-0.1, -0.05) is 12.1 Å². The van der Waals surface area contributed by atoms with E-state index in [1.807, 2.05) is 26.8 Å². The van der Waals surface area contributed by atoms with Crippen LogP contribution in [0.4, 0.5) is 0 Å². The third kappa shape index (κ3) is 3.66. The smallest absolute Gasteiger partial charge is 0.243 e. The SMILES string of the molecule is Cc1cccc(S(=O)(=O)N2CC(C(=O)NC(C)C)C3(CCOCC3)C2)c1. The van der Waals surface area contributed by atoms with Gasteiger partial charge in [0.15, 0.2) is 0 Å². The van der Waals surface area contributed by atoms with Gasteiger partial charge in [-0.15, -0.1) is 0 Å². The highest BCUT2D eigenvalue weighted by atomic mass is 32.2.